The van der Waals surface area contributed by atoms with Gasteiger partial charge in [0.1, 0.15) is 0 Å². The summed E-state index contributed by atoms with van der Waals surface area (Å²) in [7, 11) is 0. The zero-order chi connectivity index (χ0) is 6.85. The van der Waals surface area contributed by atoms with E-state index in [9.17, 15) is 4.79 Å². The van der Waals surface area contributed by atoms with Crippen molar-refractivity contribution in [2.45, 2.75) is 5.16 Å². The average molecular weight is 146 g/mol. The molecule has 1 aromatic rings. The predicted octanol–water partition coefficient (Wildman–Crippen LogP) is -0.512. The Hall–Kier alpha value is -1.11. The van der Waals surface area contributed by atoms with Gasteiger partial charge in [-0.2, -0.15) is 0 Å². The molecular weight excluding hydrogens is 144 g/mol. The summed E-state index contributed by atoms with van der Waals surface area (Å²) in [6.45, 7) is 0. The SMILES string of the molecule is O=C(O)n1nnnc1S. The van der Waals surface area contributed by atoms with E-state index in [1.165, 1.54) is 0 Å². The number of carbonyl (C=O) groups is 1. The van der Waals surface area contributed by atoms with Gasteiger partial charge in [0.15, 0.2) is 0 Å². The van der Waals surface area contributed by atoms with E-state index in [2.05, 4.69) is 28.2 Å². The molecule has 0 bridgehead atoms. The summed E-state index contributed by atoms with van der Waals surface area (Å²) in [5.74, 6) is 0. The first kappa shape index (κ1) is 6.02. The Kier molecular flexibility index (Phi) is 1.35. The van der Waals surface area contributed by atoms with Crippen molar-refractivity contribution in [3.63, 3.8) is 0 Å². The number of rotatable bonds is 0. The van der Waals surface area contributed by atoms with Gasteiger partial charge < -0.3 is 5.11 Å². The van der Waals surface area contributed by atoms with Crippen molar-refractivity contribution in [3.05, 3.63) is 0 Å². The Morgan fingerprint density at radius 1 is 1.78 bits per heavy atom. The van der Waals surface area contributed by atoms with E-state index in [4.69, 9.17) is 5.11 Å². The molecule has 7 heteroatoms. The van der Waals surface area contributed by atoms with Crippen LogP contribution < -0.4 is 0 Å². The topological polar surface area (TPSA) is 80.9 Å². The number of hydrogen-bond acceptors (Lipinski definition) is 5. The molecule has 0 radical (unpaired) electrons. The largest absolute Gasteiger partial charge is 0.463 e. The smallest absolute Gasteiger partial charge is 0.436 e. The standard InChI is InChI=1S/C2H2N4O2S/c7-2(8)6-1(9)3-4-5-6/h(H,7,8)(H,3,5,9). The fourth-order valence-corrected chi connectivity index (χ4v) is 0.472. The molecule has 0 aliphatic heterocycles. The van der Waals surface area contributed by atoms with Crippen LogP contribution in [0, 0.1) is 0 Å². The van der Waals surface area contributed by atoms with Crippen LogP contribution in [-0.2, 0) is 0 Å². The van der Waals surface area contributed by atoms with E-state index in [1.807, 2.05) is 0 Å². The van der Waals surface area contributed by atoms with Crippen LogP contribution in [0.4, 0.5) is 4.79 Å². The molecule has 0 unspecified atom stereocenters. The van der Waals surface area contributed by atoms with Crippen LogP contribution in [-0.4, -0.2) is 31.4 Å². The fourth-order valence-electron chi connectivity index (χ4n) is 0.306. The van der Waals surface area contributed by atoms with Crippen molar-refractivity contribution < 1.29 is 9.90 Å². The number of thiol groups is 1. The molecule has 1 N–H and O–H groups in total. The van der Waals surface area contributed by atoms with Gasteiger partial charge in [-0.15, -0.1) is 22.4 Å². The highest BCUT2D eigenvalue weighted by molar-refractivity contribution is 7.80. The summed E-state index contributed by atoms with van der Waals surface area (Å²) in [5.41, 5.74) is 0. The maximum absolute atomic E-state index is 10.1. The van der Waals surface area contributed by atoms with Crippen LogP contribution in [0.2, 0.25) is 0 Å². The zero-order valence-corrected chi connectivity index (χ0v) is 4.99. The van der Waals surface area contributed by atoms with Crippen molar-refractivity contribution in [1.29, 1.82) is 0 Å². The van der Waals surface area contributed by atoms with E-state index >= 15 is 0 Å². The molecule has 0 aliphatic rings. The Morgan fingerprint density at radius 2 is 2.44 bits per heavy atom. The minimum Gasteiger partial charge on any atom is -0.463 e. The van der Waals surface area contributed by atoms with Crippen LogP contribution in [0.3, 0.4) is 0 Å². The lowest BCUT2D eigenvalue weighted by Gasteiger charge is -1.86. The fraction of sp³-hybridized carbons (Fsp3) is 0. The summed E-state index contributed by atoms with van der Waals surface area (Å²) in [6.07, 6.45) is -1.25. The summed E-state index contributed by atoms with van der Waals surface area (Å²) < 4.78 is 0.559. The Morgan fingerprint density at radius 3 is 2.67 bits per heavy atom. The van der Waals surface area contributed by atoms with Crippen LogP contribution >= 0.6 is 12.6 Å². The van der Waals surface area contributed by atoms with Gasteiger partial charge >= 0.3 is 6.09 Å². The van der Waals surface area contributed by atoms with Gasteiger partial charge in [-0.3, -0.25) is 0 Å². The molecule has 9 heavy (non-hydrogen) atoms. The third-order valence-corrected chi connectivity index (χ3v) is 0.913. The monoisotopic (exact) mass is 146 g/mol. The van der Waals surface area contributed by atoms with Gasteiger partial charge in [0, 0.05) is 0 Å². The summed E-state index contributed by atoms with van der Waals surface area (Å²) in [6, 6.07) is 0. The molecule has 0 spiro atoms. The number of carboxylic acid groups (broad SMARTS) is 1. The third kappa shape index (κ3) is 0.992. The maximum atomic E-state index is 10.1. The van der Waals surface area contributed by atoms with Crippen LogP contribution in [0.5, 0.6) is 0 Å². The second-order valence-corrected chi connectivity index (χ2v) is 1.57. The molecule has 1 rings (SSSR count). The zero-order valence-electron chi connectivity index (χ0n) is 4.09. The number of aromatic nitrogens is 4. The average Bonchev–Trinajstić information content (AvgIpc) is 2.13. The number of tetrazole rings is 1. The van der Waals surface area contributed by atoms with Gasteiger partial charge in [0.2, 0.25) is 5.16 Å². The van der Waals surface area contributed by atoms with Gasteiger partial charge in [-0.1, -0.05) is 0 Å². The Balaban J connectivity index is 3.08. The first-order chi connectivity index (χ1) is 4.22. The molecule has 48 valence electrons. The van der Waals surface area contributed by atoms with E-state index in [0.717, 1.165) is 0 Å². The molecule has 0 aromatic carbocycles. The van der Waals surface area contributed by atoms with Crippen LogP contribution in [0.15, 0.2) is 5.16 Å². The minimum atomic E-state index is -1.25. The first-order valence-corrected chi connectivity index (χ1v) is 2.37. The molecule has 0 fully saturated rings. The lowest BCUT2D eigenvalue weighted by Crippen LogP contribution is -2.10. The van der Waals surface area contributed by atoms with Gasteiger partial charge in [0.25, 0.3) is 0 Å². The Bertz CT molecular complexity index is 232. The quantitative estimate of drug-likeness (QED) is 0.380. The van der Waals surface area contributed by atoms with Crippen LogP contribution in [0.1, 0.15) is 0 Å². The first-order valence-electron chi connectivity index (χ1n) is 1.92. The van der Waals surface area contributed by atoms with Crippen molar-refractivity contribution >= 4 is 18.7 Å². The highest BCUT2D eigenvalue weighted by Crippen LogP contribution is 1.94. The van der Waals surface area contributed by atoms with Gasteiger partial charge in [-0.05, 0) is 10.4 Å². The molecular formula is C2H2N4O2S. The minimum absolute atomic E-state index is 0.0394. The Labute approximate surface area is 54.9 Å². The molecule has 1 heterocycles. The second kappa shape index (κ2) is 2.02. The predicted molar refractivity (Wildman–Crippen MR) is 28.5 cm³/mol. The highest BCUT2D eigenvalue weighted by Gasteiger charge is 2.06. The summed E-state index contributed by atoms with van der Waals surface area (Å²) >= 11 is 3.63. The molecule has 0 saturated heterocycles. The normalized spacial score (nSPS) is 9.44. The molecule has 1 aromatic heterocycles. The van der Waals surface area contributed by atoms with E-state index in [1.54, 1.807) is 0 Å². The lowest BCUT2D eigenvalue weighted by molar-refractivity contribution is 0.189. The lowest BCUT2D eigenvalue weighted by atomic mass is 11.1. The van der Waals surface area contributed by atoms with E-state index < -0.39 is 6.09 Å². The van der Waals surface area contributed by atoms with E-state index in [-0.39, 0.29) is 5.16 Å². The highest BCUT2D eigenvalue weighted by atomic mass is 32.1. The maximum Gasteiger partial charge on any atom is 0.436 e. The van der Waals surface area contributed by atoms with E-state index in [0.29, 0.717) is 4.68 Å². The van der Waals surface area contributed by atoms with Gasteiger partial charge in [-0.25, -0.2) is 4.79 Å². The van der Waals surface area contributed by atoms with Crippen molar-refractivity contribution in [3.8, 4) is 0 Å². The molecule has 6 nitrogen and oxygen atoms in total. The van der Waals surface area contributed by atoms with Crippen molar-refractivity contribution in [2.24, 2.45) is 0 Å². The van der Waals surface area contributed by atoms with Gasteiger partial charge in [0.05, 0.1) is 0 Å². The second-order valence-electron chi connectivity index (χ2n) is 1.17. The number of nitrogens with zero attached hydrogens (tertiary/aromatic N) is 4. The number of hydrogen-bond donors (Lipinski definition) is 2. The summed E-state index contributed by atoms with van der Waals surface area (Å²) in [4.78, 5) is 10.1. The third-order valence-electron chi connectivity index (χ3n) is 0.634. The van der Waals surface area contributed by atoms with Crippen molar-refractivity contribution in [2.75, 3.05) is 0 Å². The van der Waals surface area contributed by atoms with Crippen molar-refractivity contribution in [1.82, 2.24) is 20.2 Å². The molecule has 0 saturated carbocycles. The molecule has 0 aliphatic carbocycles. The van der Waals surface area contributed by atoms with Crippen LogP contribution in [0.25, 0.3) is 0 Å². The molecule has 0 atom stereocenters. The molecule has 0 amide bonds. The summed E-state index contributed by atoms with van der Waals surface area (Å²) in [5, 5.41) is 17.6.